The summed E-state index contributed by atoms with van der Waals surface area (Å²) < 4.78 is 53.9. The van der Waals surface area contributed by atoms with Crippen molar-refractivity contribution in [1.82, 2.24) is 35.4 Å². The number of hydrogen-bond acceptors (Lipinski definition) is 13. The van der Waals surface area contributed by atoms with Gasteiger partial charge in [0.25, 0.3) is 0 Å². The molecule has 7 heterocycles. The van der Waals surface area contributed by atoms with E-state index < -0.39 is 17.7 Å². The number of ether oxygens (including phenoxy) is 1. The number of carbonyl (C=O) groups excluding carboxylic acids is 2. The summed E-state index contributed by atoms with van der Waals surface area (Å²) in [7, 11) is 0. The van der Waals surface area contributed by atoms with Crippen molar-refractivity contribution >= 4 is 50.7 Å². The van der Waals surface area contributed by atoms with Gasteiger partial charge in [0.1, 0.15) is 40.5 Å². The Morgan fingerprint density at radius 2 is 1.65 bits per heavy atom. The number of pyridine rings is 1. The Kier molecular flexibility index (Phi) is 11.7. The van der Waals surface area contributed by atoms with E-state index in [0.717, 1.165) is 90.9 Å². The van der Waals surface area contributed by atoms with E-state index in [-0.39, 0.29) is 69.0 Å². The van der Waals surface area contributed by atoms with Gasteiger partial charge >= 0.3 is 6.01 Å². The predicted octanol–water partition coefficient (Wildman–Crippen LogP) is 5.80. The van der Waals surface area contributed by atoms with Gasteiger partial charge in [-0.3, -0.25) is 19.9 Å². The number of benzene rings is 3. The van der Waals surface area contributed by atoms with Crippen LogP contribution in [0.25, 0.3) is 32.9 Å². The number of piperidine rings is 2. The topological polar surface area (TPSA) is 151 Å². The van der Waals surface area contributed by atoms with Gasteiger partial charge in [-0.05, 0) is 92.6 Å². The summed E-state index contributed by atoms with van der Waals surface area (Å²) in [6.07, 6.45) is 14.0. The number of terminal acetylenes is 1. The van der Waals surface area contributed by atoms with Crippen molar-refractivity contribution in [1.29, 1.82) is 0 Å². The number of piperazine rings is 2. The molecule has 5 saturated heterocycles. The van der Waals surface area contributed by atoms with Crippen LogP contribution >= 0.6 is 0 Å². The second-order valence-corrected chi connectivity index (χ2v) is 19.8. The van der Waals surface area contributed by atoms with Crippen LogP contribution in [-0.2, 0) is 9.59 Å². The maximum absolute atomic E-state index is 17.1. The fourth-order valence-corrected chi connectivity index (χ4v) is 11.2. The number of phenols is 1. The smallest absolute Gasteiger partial charge is 0.319 e. The molecule has 2 bridgehead atoms. The zero-order chi connectivity index (χ0) is 46.7. The summed E-state index contributed by atoms with van der Waals surface area (Å²) in [5, 5.41) is 20.9. The van der Waals surface area contributed by atoms with Crippen molar-refractivity contribution < 1.29 is 32.6 Å². The third kappa shape index (κ3) is 8.85. The SMILES string of the molecule is C#Cc1c(F)ccc2cc(O)cc(-c3ncc4c(N5CC6CCC(C5)N6)nc(OCC5(CN6CCN(CC7CCN(c8ccc(NC9CCC(=O)NC9=O)cc8F)CC7)CC6)CC5)nc4c3F)c12. The molecular weight excluding hydrogens is 874 g/mol. The number of anilines is 3. The molecule has 5 aliphatic heterocycles. The minimum Gasteiger partial charge on any atom is -0.508 e. The molecule has 3 unspecified atom stereocenters. The van der Waals surface area contributed by atoms with Gasteiger partial charge in [-0.25, -0.2) is 13.2 Å². The highest BCUT2D eigenvalue weighted by molar-refractivity contribution is 6.03. The number of aromatic nitrogens is 3. The minimum atomic E-state index is -0.737. The van der Waals surface area contributed by atoms with Crippen LogP contribution in [0.5, 0.6) is 11.8 Å². The Balaban J connectivity index is 0.727. The maximum Gasteiger partial charge on any atom is 0.319 e. The number of nitrogens with zero attached hydrogens (tertiary/aromatic N) is 7. The maximum atomic E-state index is 17.1. The average Bonchev–Trinajstić information content (AvgIpc) is 4.02. The van der Waals surface area contributed by atoms with Gasteiger partial charge in [0.2, 0.25) is 11.8 Å². The molecule has 17 heteroatoms. The van der Waals surface area contributed by atoms with Crippen molar-refractivity contribution in [2.45, 2.75) is 69.5 Å². The number of nitrogens with one attached hydrogen (secondary N) is 3. The van der Waals surface area contributed by atoms with Gasteiger partial charge in [-0.1, -0.05) is 12.0 Å². The molecule has 14 nitrogen and oxygen atoms in total. The van der Waals surface area contributed by atoms with Crippen LogP contribution in [0.3, 0.4) is 0 Å². The summed E-state index contributed by atoms with van der Waals surface area (Å²) >= 11 is 0. The van der Waals surface area contributed by atoms with Crippen LogP contribution in [-0.4, -0.2) is 132 Å². The van der Waals surface area contributed by atoms with E-state index >= 15 is 13.2 Å². The zero-order valence-corrected chi connectivity index (χ0v) is 37.9. The highest BCUT2D eigenvalue weighted by Gasteiger charge is 2.46. The number of amides is 2. The van der Waals surface area contributed by atoms with E-state index in [1.807, 2.05) is 0 Å². The number of fused-ring (bicyclic) bond motifs is 4. The van der Waals surface area contributed by atoms with Gasteiger partial charge in [0.15, 0.2) is 5.82 Å². The third-order valence-corrected chi connectivity index (χ3v) is 15.1. The first-order valence-corrected chi connectivity index (χ1v) is 24.0. The van der Waals surface area contributed by atoms with Gasteiger partial charge in [0.05, 0.1) is 23.2 Å². The Morgan fingerprint density at radius 3 is 2.37 bits per heavy atom. The van der Waals surface area contributed by atoms with E-state index in [0.29, 0.717) is 72.1 Å². The third-order valence-electron chi connectivity index (χ3n) is 15.1. The second-order valence-electron chi connectivity index (χ2n) is 19.8. The van der Waals surface area contributed by atoms with Crippen LogP contribution in [0.1, 0.15) is 56.9 Å². The summed E-state index contributed by atoms with van der Waals surface area (Å²) in [6, 6.07) is 10.7. The summed E-state index contributed by atoms with van der Waals surface area (Å²) in [4.78, 5) is 47.2. The molecule has 1 saturated carbocycles. The Bertz CT molecular complexity index is 2830. The number of phenolic OH excluding ortho intramolecular Hbond substituents is 1. The predicted molar refractivity (Wildman–Crippen MR) is 253 cm³/mol. The molecule has 5 aromatic rings. The van der Waals surface area contributed by atoms with Crippen molar-refractivity contribution in [2.24, 2.45) is 11.3 Å². The number of aromatic hydroxyl groups is 1. The summed E-state index contributed by atoms with van der Waals surface area (Å²) in [5.41, 5.74) is 1.07. The highest BCUT2D eigenvalue weighted by Crippen LogP contribution is 2.47. The molecule has 68 heavy (non-hydrogen) atoms. The first-order valence-electron chi connectivity index (χ1n) is 24.0. The molecule has 6 aliphatic rings. The van der Waals surface area contributed by atoms with Crippen LogP contribution < -0.4 is 30.5 Å². The Labute approximate surface area is 392 Å². The summed E-state index contributed by atoms with van der Waals surface area (Å²) in [6.45, 7) is 9.08. The summed E-state index contributed by atoms with van der Waals surface area (Å²) in [5.74, 6) is 0.998. The quantitative estimate of drug-likeness (QED) is 0.0883. The molecule has 6 fully saturated rings. The molecule has 354 valence electrons. The van der Waals surface area contributed by atoms with Crippen molar-refractivity contribution in [2.75, 3.05) is 87.2 Å². The van der Waals surface area contributed by atoms with Crippen LogP contribution in [0.2, 0.25) is 0 Å². The number of halogens is 3. The van der Waals surface area contributed by atoms with Crippen LogP contribution in [0.4, 0.5) is 30.4 Å². The first-order chi connectivity index (χ1) is 33.0. The average molecular weight is 929 g/mol. The number of rotatable bonds is 12. The molecule has 3 atom stereocenters. The van der Waals surface area contributed by atoms with E-state index in [2.05, 4.69) is 46.5 Å². The molecular formula is C51H55F3N10O4. The lowest BCUT2D eigenvalue weighted by atomic mass is 9.95. The van der Waals surface area contributed by atoms with Crippen molar-refractivity contribution in [3.63, 3.8) is 0 Å². The van der Waals surface area contributed by atoms with E-state index in [4.69, 9.17) is 21.1 Å². The zero-order valence-electron chi connectivity index (χ0n) is 37.9. The second kappa shape index (κ2) is 18.0. The highest BCUT2D eigenvalue weighted by atomic mass is 19.1. The molecule has 4 N–H and O–H groups in total. The fourth-order valence-electron chi connectivity index (χ4n) is 11.2. The van der Waals surface area contributed by atoms with Crippen molar-refractivity contribution in [3.8, 4) is 35.4 Å². The van der Waals surface area contributed by atoms with Gasteiger partial charge < -0.3 is 40.1 Å². The minimum absolute atomic E-state index is 0.0325. The number of carbonyl (C=O) groups is 2. The molecule has 1 aliphatic carbocycles. The number of hydrogen-bond donors (Lipinski definition) is 4. The van der Waals surface area contributed by atoms with Crippen LogP contribution in [0.15, 0.2) is 48.7 Å². The lowest BCUT2D eigenvalue weighted by molar-refractivity contribution is -0.133. The molecule has 0 spiro atoms. The molecule has 3 aromatic carbocycles. The monoisotopic (exact) mass is 928 g/mol. The van der Waals surface area contributed by atoms with Gasteiger partial charge in [-0.15, -0.1) is 6.42 Å². The van der Waals surface area contributed by atoms with Crippen molar-refractivity contribution in [3.05, 3.63) is 71.7 Å². The van der Waals surface area contributed by atoms with E-state index in [1.165, 1.54) is 30.3 Å². The van der Waals surface area contributed by atoms with Gasteiger partial charge in [-0.2, -0.15) is 9.97 Å². The standard InChI is InChI=1S/C51H55F3N10O4/c1-2-36-39(52)7-3-31-21-35(65)23-37(44(31)36)46-45(54)47-38(24-55-46)48(64-26-33-4-5-34(27-64)56-33)60-50(59-47)68-29-51(13-14-51)28-62-19-17-61(18-20-62)25-30-11-15-63(16-12-30)42-9-6-32(22-40(42)53)57-41-8-10-43(66)58-49(41)67/h1,3,6-7,9,21-24,30,33-34,41,56-57,65H,4-5,8,10-20,25-29H2,(H,58,66,67). The number of imide groups is 1. The fraction of sp³-hybridized carbons (Fsp3) is 0.471. The van der Waals surface area contributed by atoms with E-state index in [9.17, 15) is 14.7 Å². The van der Waals surface area contributed by atoms with Gasteiger partial charge in [0, 0.05) is 112 Å². The molecule has 11 rings (SSSR count). The largest absolute Gasteiger partial charge is 0.508 e. The Hall–Kier alpha value is -6.22. The normalized spacial score (nSPS) is 23.2. The Morgan fingerprint density at radius 1 is 0.882 bits per heavy atom. The van der Waals surface area contributed by atoms with Crippen LogP contribution in [0, 0.1) is 41.1 Å². The lowest BCUT2D eigenvalue weighted by Crippen LogP contribution is -2.51. The molecule has 0 radical (unpaired) electrons. The molecule has 2 aromatic heterocycles. The van der Waals surface area contributed by atoms with E-state index in [1.54, 1.807) is 18.3 Å². The lowest BCUT2D eigenvalue weighted by Gasteiger charge is -2.40. The molecule has 2 amide bonds. The first kappa shape index (κ1) is 44.3.